The van der Waals surface area contributed by atoms with Crippen LogP contribution in [0.3, 0.4) is 0 Å². The molecule has 5 aromatic rings. The highest BCUT2D eigenvalue weighted by atomic mass is 19.1. The summed E-state index contributed by atoms with van der Waals surface area (Å²) in [5.74, 6) is 0.405. The molecule has 0 saturated carbocycles. The molecule has 3 unspecified atom stereocenters. The molecule has 0 radical (unpaired) electrons. The number of alkyl carbamates (subject to hydrolysis) is 2. The average Bonchev–Trinajstić information content (AvgIpc) is 4.17. The van der Waals surface area contributed by atoms with Crippen molar-refractivity contribution in [3.05, 3.63) is 78.0 Å². The zero-order chi connectivity index (χ0) is 48.2. The standard InChI is InChI=1S/C50H57FN10O8/c1-25(2)42(57-49(64)66-5)46(62)59-13-7-9-37(59)45-54-24-35(56-45)29-18-33(51)41-39-19-30-17-28(11-12-36(30)61(39)48(32-21-52-22-32)69-40(41)20-29)34-23-53-44(55-34)38-10-8-14-60(38)47(63)43(58-50(65)67-6)31-15-26(3)68-27(4)16-31/h11-12,17-27,31,37-38,42-43,48H,7-10,13-16H2,1-6H3,(H,53,55)(H,54,56)(H,57,64)(H,58,65)/t26-,27+,31?,37-,38-,42-,43?,48?/m0/s1. The minimum absolute atomic E-state index is 0.0509. The van der Waals surface area contributed by atoms with Crippen molar-refractivity contribution in [3.63, 3.8) is 0 Å². The molecule has 3 saturated heterocycles. The molecule has 0 bridgehead atoms. The number of halogens is 1. The Labute approximate surface area is 398 Å². The number of H-pyrrole nitrogens is 2. The normalized spacial score (nSPS) is 23.7. The third kappa shape index (κ3) is 8.50. The Morgan fingerprint density at radius 1 is 0.826 bits per heavy atom. The van der Waals surface area contributed by atoms with Gasteiger partial charge in [-0.1, -0.05) is 19.9 Å². The van der Waals surface area contributed by atoms with Crippen molar-refractivity contribution in [1.82, 2.24) is 44.9 Å². The zero-order valence-corrected chi connectivity index (χ0v) is 39.5. The van der Waals surface area contributed by atoms with Crippen LogP contribution in [0.5, 0.6) is 5.75 Å². The van der Waals surface area contributed by atoms with Gasteiger partial charge in [0, 0.05) is 42.0 Å². The van der Waals surface area contributed by atoms with E-state index in [1.165, 1.54) is 20.3 Å². The first kappa shape index (κ1) is 45.7. The van der Waals surface area contributed by atoms with E-state index in [1.54, 1.807) is 35.8 Å². The number of benzene rings is 2. The molecular formula is C50H57FN10O8. The largest absolute Gasteiger partial charge is 0.465 e. The summed E-state index contributed by atoms with van der Waals surface area (Å²) < 4.78 is 41.1. The van der Waals surface area contributed by atoms with Crippen LogP contribution in [0.2, 0.25) is 0 Å². The molecule has 3 fully saturated rings. The number of rotatable bonds is 11. The Bertz CT molecular complexity index is 2870. The van der Waals surface area contributed by atoms with Crippen molar-refractivity contribution < 1.29 is 42.5 Å². The Hall–Kier alpha value is -7.02. The lowest BCUT2D eigenvalue weighted by Gasteiger charge is -2.38. The topological polar surface area (TPSA) is 210 Å². The fourth-order valence-electron chi connectivity index (χ4n) is 10.9. The summed E-state index contributed by atoms with van der Waals surface area (Å²) in [6.45, 7) is 8.74. The van der Waals surface area contributed by atoms with Gasteiger partial charge in [0.25, 0.3) is 0 Å². The number of hydrogen-bond donors (Lipinski definition) is 4. The SMILES string of the molecule is COC(=O)NC(C(=O)N1CCC[C@H]1c1ncc(-c2ccc3c(c2)cc2n3C(C3=CN=C3)Oc3cc(-c4cnc([C@@H]5CCCN5C(=O)[C@@H](NC(=O)OC)C(C)C)[nH]4)cc(F)c3-2)[nH]1)C1C[C@@H](C)O[C@@H](C)C1. The molecule has 18 nitrogen and oxygen atoms in total. The number of aromatic nitrogens is 5. The van der Waals surface area contributed by atoms with Crippen LogP contribution in [-0.4, -0.2) is 116 Å². The molecule has 3 aromatic heterocycles. The van der Waals surface area contributed by atoms with Crippen LogP contribution >= 0.6 is 0 Å². The van der Waals surface area contributed by atoms with Gasteiger partial charge in [0.1, 0.15) is 35.3 Å². The Balaban J connectivity index is 0.918. The predicted molar refractivity (Wildman–Crippen MR) is 252 cm³/mol. The number of amides is 4. The first-order valence-corrected chi connectivity index (χ1v) is 23.7. The van der Waals surface area contributed by atoms with E-state index in [0.29, 0.717) is 78.7 Å². The summed E-state index contributed by atoms with van der Waals surface area (Å²) in [6, 6.07) is 9.01. The lowest BCUT2D eigenvalue weighted by atomic mass is 9.85. The summed E-state index contributed by atoms with van der Waals surface area (Å²) in [4.78, 5) is 76.9. The third-order valence-electron chi connectivity index (χ3n) is 14.2. The van der Waals surface area contributed by atoms with Crippen molar-refractivity contribution in [2.24, 2.45) is 16.8 Å². The second-order valence-corrected chi connectivity index (χ2v) is 19.1. The number of aromatic amines is 2. The molecular weight excluding hydrogens is 888 g/mol. The fourth-order valence-corrected chi connectivity index (χ4v) is 10.9. The number of nitrogens with zero attached hydrogens (tertiary/aromatic N) is 6. The number of carbonyl (C=O) groups is 4. The van der Waals surface area contributed by atoms with Gasteiger partial charge >= 0.3 is 12.2 Å². The summed E-state index contributed by atoms with van der Waals surface area (Å²) in [5, 5.41) is 6.38. The number of hydrogen-bond acceptors (Lipinski definition) is 11. The molecule has 2 aromatic carbocycles. The van der Waals surface area contributed by atoms with Crippen LogP contribution in [0.4, 0.5) is 14.0 Å². The number of carbonyl (C=O) groups excluding carboxylic acids is 4. The average molecular weight is 945 g/mol. The van der Waals surface area contributed by atoms with Gasteiger partial charge in [0.2, 0.25) is 18.0 Å². The fraction of sp³-hybridized carbons (Fsp3) is 0.460. The van der Waals surface area contributed by atoms with Gasteiger partial charge in [-0.2, -0.15) is 0 Å². The minimum atomic E-state index is -0.773. The zero-order valence-electron chi connectivity index (χ0n) is 39.5. The van der Waals surface area contributed by atoms with Gasteiger partial charge in [-0.15, -0.1) is 0 Å². The van der Waals surface area contributed by atoms with Crippen molar-refractivity contribution in [2.75, 3.05) is 27.3 Å². The van der Waals surface area contributed by atoms with Crippen molar-refractivity contribution in [3.8, 4) is 39.5 Å². The molecule has 10 rings (SSSR count). The first-order valence-electron chi connectivity index (χ1n) is 23.7. The minimum Gasteiger partial charge on any atom is -0.465 e. The highest BCUT2D eigenvalue weighted by molar-refractivity contribution is 5.94. The Morgan fingerprint density at radius 3 is 2.06 bits per heavy atom. The van der Waals surface area contributed by atoms with Crippen molar-refractivity contribution in [2.45, 2.75) is 109 Å². The molecule has 8 heterocycles. The molecule has 69 heavy (non-hydrogen) atoms. The monoisotopic (exact) mass is 944 g/mol. The van der Waals surface area contributed by atoms with E-state index in [1.807, 2.05) is 61.4 Å². The second-order valence-electron chi connectivity index (χ2n) is 19.1. The van der Waals surface area contributed by atoms with Gasteiger partial charge in [0.15, 0.2) is 0 Å². The van der Waals surface area contributed by atoms with E-state index >= 15 is 4.39 Å². The Morgan fingerprint density at radius 2 is 1.45 bits per heavy atom. The quantitative estimate of drug-likeness (QED) is 0.101. The highest BCUT2D eigenvalue weighted by Crippen LogP contribution is 2.48. The Kier molecular flexibility index (Phi) is 12.2. The van der Waals surface area contributed by atoms with Crippen LogP contribution in [-0.2, 0) is 23.8 Å². The molecule has 19 heteroatoms. The lowest BCUT2D eigenvalue weighted by molar-refractivity contribution is -0.138. The predicted octanol–water partition coefficient (Wildman–Crippen LogP) is 7.72. The first-order chi connectivity index (χ1) is 33.3. The molecule has 0 aliphatic carbocycles. The number of methoxy groups -OCH3 is 2. The lowest BCUT2D eigenvalue weighted by Crippen LogP contribution is -2.54. The van der Waals surface area contributed by atoms with E-state index in [-0.39, 0.29) is 47.9 Å². The van der Waals surface area contributed by atoms with Gasteiger partial charge in [0.05, 0.1) is 84.6 Å². The number of ether oxygens (including phenoxy) is 4. The van der Waals surface area contributed by atoms with Crippen LogP contribution in [0, 0.1) is 17.7 Å². The molecule has 0 spiro atoms. The van der Waals surface area contributed by atoms with Gasteiger partial charge in [-0.05, 0) is 94.5 Å². The third-order valence-corrected chi connectivity index (χ3v) is 14.2. The molecule has 4 N–H and O–H groups in total. The van der Waals surface area contributed by atoms with Crippen molar-refractivity contribution in [1.29, 1.82) is 0 Å². The smallest absolute Gasteiger partial charge is 0.407 e. The van der Waals surface area contributed by atoms with Gasteiger partial charge in [-0.25, -0.2) is 23.9 Å². The van der Waals surface area contributed by atoms with Crippen LogP contribution < -0.4 is 15.4 Å². The maximum atomic E-state index is 16.7. The number of imidazole rings is 2. The molecule has 5 aliphatic heterocycles. The second kappa shape index (κ2) is 18.5. The summed E-state index contributed by atoms with van der Waals surface area (Å²) in [7, 11) is 2.56. The van der Waals surface area contributed by atoms with Crippen LogP contribution in [0.1, 0.15) is 96.2 Å². The van der Waals surface area contributed by atoms with Crippen molar-refractivity contribution >= 4 is 41.1 Å². The highest BCUT2D eigenvalue weighted by Gasteiger charge is 2.43. The molecule has 5 aliphatic rings. The number of likely N-dealkylation sites (tertiary alicyclic amines) is 2. The van der Waals surface area contributed by atoms with E-state index in [4.69, 9.17) is 23.9 Å². The van der Waals surface area contributed by atoms with Gasteiger partial charge < -0.3 is 53.9 Å². The van der Waals surface area contributed by atoms with E-state index in [0.717, 1.165) is 40.6 Å². The van der Waals surface area contributed by atoms with E-state index < -0.39 is 36.3 Å². The molecule has 8 atom stereocenters. The summed E-state index contributed by atoms with van der Waals surface area (Å²) in [6.07, 6.45) is 9.02. The molecule has 362 valence electrons. The molecule has 4 amide bonds. The summed E-state index contributed by atoms with van der Waals surface area (Å²) >= 11 is 0. The van der Waals surface area contributed by atoms with Gasteiger partial charge in [-0.3, -0.25) is 14.6 Å². The number of nitrogens with one attached hydrogen (secondary N) is 4. The number of aliphatic imine (C=N–C) groups is 1. The van der Waals surface area contributed by atoms with Crippen LogP contribution in [0.25, 0.3) is 44.7 Å². The van der Waals surface area contributed by atoms with E-state index in [2.05, 4.69) is 30.6 Å². The summed E-state index contributed by atoms with van der Waals surface area (Å²) in [5.41, 5.74) is 5.30. The van der Waals surface area contributed by atoms with Crippen LogP contribution in [0.15, 0.2) is 65.6 Å². The van der Waals surface area contributed by atoms with E-state index in [9.17, 15) is 19.2 Å². The maximum absolute atomic E-state index is 16.7. The maximum Gasteiger partial charge on any atom is 0.407 e. The number of fused-ring (bicyclic) bond motifs is 5.